The number of aromatic nitrogens is 2. The van der Waals surface area contributed by atoms with Crippen molar-refractivity contribution in [1.82, 2.24) is 19.8 Å². The molecule has 0 unspecified atom stereocenters. The molecule has 1 saturated heterocycles. The highest BCUT2D eigenvalue weighted by Crippen LogP contribution is 2.23. The number of aryl methyl sites for hydroxylation is 1. The number of carbonyl (C=O) groups is 2. The number of nitrogens with zero attached hydrogens (tertiary/aromatic N) is 3. The number of pyridine rings is 1. The van der Waals surface area contributed by atoms with Crippen LogP contribution in [0.3, 0.4) is 0 Å². The monoisotopic (exact) mass is 366 g/mol. The Balaban J connectivity index is 2.05. The van der Waals surface area contributed by atoms with Crippen LogP contribution in [0.5, 0.6) is 0 Å². The largest absolute Gasteiger partial charge is 0.318 e. The van der Waals surface area contributed by atoms with Crippen LogP contribution in [-0.2, 0) is 9.59 Å². The zero-order chi connectivity index (χ0) is 18.8. The molecule has 26 heavy (non-hydrogen) atoms. The van der Waals surface area contributed by atoms with Gasteiger partial charge < -0.3 is 4.57 Å². The van der Waals surface area contributed by atoms with Crippen LogP contribution >= 0.6 is 12.2 Å². The fourth-order valence-electron chi connectivity index (χ4n) is 2.97. The molecule has 2 aromatic heterocycles. The van der Waals surface area contributed by atoms with E-state index in [0.29, 0.717) is 0 Å². The minimum absolute atomic E-state index is 0.0513. The second-order valence-corrected chi connectivity index (χ2v) is 6.28. The van der Waals surface area contributed by atoms with Gasteiger partial charge >= 0.3 is 0 Å². The number of hydrogen-bond donors (Lipinski definition) is 1. The van der Waals surface area contributed by atoms with Gasteiger partial charge in [0.05, 0.1) is 0 Å². The van der Waals surface area contributed by atoms with Crippen LogP contribution in [0.2, 0.25) is 0 Å². The molecule has 0 atom stereocenters. The normalized spacial score (nSPS) is 16.2. The summed E-state index contributed by atoms with van der Waals surface area (Å²) in [7, 11) is 0. The summed E-state index contributed by atoms with van der Waals surface area (Å²) in [6, 6.07) is 5.74. The van der Waals surface area contributed by atoms with Crippen molar-refractivity contribution < 1.29 is 9.59 Å². The molecule has 0 saturated carbocycles. The molecule has 1 N–H and O–H groups in total. The number of carbonyl (C=O) groups excluding carboxylic acids is 2. The van der Waals surface area contributed by atoms with E-state index in [1.54, 1.807) is 24.5 Å². The summed E-state index contributed by atoms with van der Waals surface area (Å²) in [6.45, 7) is 7.77. The fourth-order valence-corrected chi connectivity index (χ4v) is 3.22. The summed E-state index contributed by atoms with van der Waals surface area (Å²) < 4.78 is 2.05. The Bertz CT molecular complexity index is 944. The number of rotatable bonds is 4. The third-order valence-electron chi connectivity index (χ3n) is 4.19. The van der Waals surface area contributed by atoms with E-state index in [9.17, 15) is 9.59 Å². The SMILES string of the molecule is C=CCN1C(=O)C(=Cc2cc(C)n(-c3ccncc3)c2C)C(=O)NC1=S. The highest BCUT2D eigenvalue weighted by molar-refractivity contribution is 7.80. The fraction of sp³-hybridized carbons (Fsp3) is 0.158. The van der Waals surface area contributed by atoms with E-state index in [-0.39, 0.29) is 17.2 Å². The Labute approximate surface area is 156 Å². The van der Waals surface area contributed by atoms with Crippen LogP contribution in [0.4, 0.5) is 0 Å². The summed E-state index contributed by atoms with van der Waals surface area (Å²) in [4.78, 5) is 30.3. The van der Waals surface area contributed by atoms with Crippen molar-refractivity contribution in [3.05, 3.63) is 65.8 Å². The standard InChI is InChI=1S/C19H18N4O2S/c1-4-9-22-18(25)16(17(24)21-19(22)26)11-14-10-12(2)23(13(14)3)15-5-7-20-8-6-15/h4-8,10-11H,1,9H2,2-3H3,(H,21,24,26). The van der Waals surface area contributed by atoms with Crippen LogP contribution in [0.15, 0.2) is 48.8 Å². The van der Waals surface area contributed by atoms with Crippen molar-refractivity contribution in [3.8, 4) is 5.69 Å². The Morgan fingerprint density at radius 3 is 2.62 bits per heavy atom. The molecule has 1 fully saturated rings. The first-order valence-electron chi connectivity index (χ1n) is 8.03. The average Bonchev–Trinajstić information content (AvgIpc) is 2.89. The van der Waals surface area contributed by atoms with Gasteiger partial charge in [0.2, 0.25) is 0 Å². The Morgan fingerprint density at radius 2 is 1.96 bits per heavy atom. The van der Waals surface area contributed by atoms with Gasteiger partial charge in [0, 0.05) is 36.0 Å². The first-order chi connectivity index (χ1) is 12.4. The average molecular weight is 366 g/mol. The number of hydrogen-bond acceptors (Lipinski definition) is 4. The van der Waals surface area contributed by atoms with Crippen LogP contribution < -0.4 is 5.32 Å². The van der Waals surface area contributed by atoms with Crippen molar-refractivity contribution in [2.75, 3.05) is 6.54 Å². The van der Waals surface area contributed by atoms with Crippen molar-refractivity contribution in [2.24, 2.45) is 0 Å². The van der Waals surface area contributed by atoms with Gasteiger partial charge in [-0.3, -0.25) is 24.8 Å². The topological polar surface area (TPSA) is 67.2 Å². The molecule has 0 aromatic carbocycles. The summed E-state index contributed by atoms with van der Waals surface area (Å²) in [6.07, 6.45) is 6.61. The maximum absolute atomic E-state index is 12.7. The number of thiocarbonyl (C=S) groups is 1. The van der Waals surface area contributed by atoms with Gasteiger partial charge in [-0.25, -0.2) is 0 Å². The Morgan fingerprint density at radius 1 is 1.27 bits per heavy atom. The van der Waals surface area contributed by atoms with Crippen LogP contribution in [-0.4, -0.2) is 37.9 Å². The molecule has 0 radical (unpaired) electrons. The van der Waals surface area contributed by atoms with Gasteiger partial charge in [0.25, 0.3) is 11.8 Å². The number of amides is 2. The Hall–Kier alpha value is -3.06. The number of nitrogens with one attached hydrogen (secondary N) is 1. The third kappa shape index (κ3) is 3.09. The molecule has 7 heteroatoms. The van der Waals surface area contributed by atoms with Crippen LogP contribution in [0, 0.1) is 13.8 Å². The second-order valence-electron chi connectivity index (χ2n) is 5.89. The minimum Gasteiger partial charge on any atom is -0.318 e. The van der Waals surface area contributed by atoms with E-state index in [4.69, 9.17) is 12.2 Å². The molecule has 0 spiro atoms. The molecule has 1 aliphatic heterocycles. The molecular weight excluding hydrogens is 348 g/mol. The van der Waals surface area contributed by atoms with Gasteiger partial charge in [-0.2, -0.15) is 0 Å². The molecule has 3 rings (SSSR count). The molecule has 0 aliphatic carbocycles. The van der Waals surface area contributed by atoms with E-state index in [1.165, 1.54) is 4.90 Å². The second kappa shape index (κ2) is 7.05. The van der Waals surface area contributed by atoms with E-state index >= 15 is 0 Å². The van der Waals surface area contributed by atoms with E-state index in [0.717, 1.165) is 22.6 Å². The molecule has 0 bridgehead atoms. The lowest BCUT2D eigenvalue weighted by molar-refractivity contribution is -0.128. The highest BCUT2D eigenvalue weighted by atomic mass is 32.1. The molecule has 6 nitrogen and oxygen atoms in total. The molecular formula is C19H18N4O2S. The van der Waals surface area contributed by atoms with Crippen molar-refractivity contribution in [2.45, 2.75) is 13.8 Å². The molecule has 2 aromatic rings. The Kier molecular flexibility index (Phi) is 4.81. The van der Waals surface area contributed by atoms with Gasteiger partial charge in [0.15, 0.2) is 5.11 Å². The first-order valence-corrected chi connectivity index (χ1v) is 8.44. The van der Waals surface area contributed by atoms with Crippen LogP contribution in [0.1, 0.15) is 17.0 Å². The van der Waals surface area contributed by atoms with Crippen molar-refractivity contribution in [1.29, 1.82) is 0 Å². The maximum atomic E-state index is 12.7. The molecule has 2 amide bonds. The summed E-state index contributed by atoms with van der Waals surface area (Å²) in [5.41, 5.74) is 3.72. The van der Waals surface area contributed by atoms with Crippen LogP contribution in [0.25, 0.3) is 11.8 Å². The van der Waals surface area contributed by atoms with Gasteiger partial charge in [-0.15, -0.1) is 6.58 Å². The van der Waals surface area contributed by atoms with Crippen molar-refractivity contribution >= 4 is 35.2 Å². The lowest BCUT2D eigenvalue weighted by Crippen LogP contribution is -2.53. The minimum atomic E-state index is -0.492. The lowest BCUT2D eigenvalue weighted by atomic mass is 10.1. The maximum Gasteiger partial charge on any atom is 0.265 e. The summed E-state index contributed by atoms with van der Waals surface area (Å²) >= 11 is 5.07. The van der Waals surface area contributed by atoms with E-state index in [2.05, 4.69) is 16.9 Å². The zero-order valence-electron chi connectivity index (χ0n) is 14.5. The predicted octanol–water partition coefficient (Wildman–Crippen LogP) is 2.30. The van der Waals surface area contributed by atoms with Gasteiger partial charge in [0.1, 0.15) is 5.57 Å². The van der Waals surface area contributed by atoms with Gasteiger partial charge in [-0.05, 0) is 55.9 Å². The third-order valence-corrected chi connectivity index (χ3v) is 4.51. The quantitative estimate of drug-likeness (QED) is 0.390. The van der Waals surface area contributed by atoms with E-state index < -0.39 is 11.8 Å². The smallest absolute Gasteiger partial charge is 0.265 e. The molecule has 1 aliphatic rings. The van der Waals surface area contributed by atoms with Crippen molar-refractivity contribution in [3.63, 3.8) is 0 Å². The van der Waals surface area contributed by atoms with Gasteiger partial charge in [-0.1, -0.05) is 6.08 Å². The molecule has 132 valence electrons. The summed E-state index contributed by atoms with van der Waals surface area (Å²) in [5, 5.41) is 2.65. The lowest BCUT2D eigenvalue weighted by Gasteiger charge is -2.27. The molecule has 3 heterocycles. The zero-order valence-corrected chi connectivity index (χ0v) is 15.3. The highest BCUT2D eigenvalue weighted by Gasteiger charge is 2.32. The first kappa shape index (κ1) is 17.8. The van der Waals surface area contributed by atoms with E-state index in [1.807, 2.05) is 36.6 Å². The predicted molar refractivity (Wildman–Crippen MR) is 104 cm³/mol. The summed E-state index contributed by atoms with van der Waals surface area (Å²) in [5.74, 6) is -0.915.